The molecule has 0 spiro atoms. The third-order valence-corrected chi connectivity index (χ3v) is 2.88. The Morgan fingerprint density at radius 3 is 2.59 bits per heavy atom. The number of hydrogen-bond acceptors (Lipinski definition) is 3. The van der Waals surface area contributed by atoms with E-state index in [0.29, 0.717) is 6.42 Å². The molecule has 5 heteroatoms. The number of H-pyrrole nitrogens is 1. The first kappa shape index (κ1) is 11.4. The number of aromatic nitrogens is 3. The quantitative estimate of drug-likeness (QED) is 0.827. The van der Waals surface area contributed by atoms with Crippen LogP contribution >= 0.6 is 0 Å². The van der Waals surface area contributed by atoms with Gasteiger partial charge in [-0.2, -0.15) is 0 Å². The van der Waals surface area contributed by atoms with Crippen LogP contribution < -0.4 is 5.11 Å². The van der Waals surface area contributed by atoms with Crippen LogP contribution in [0.15, 0.2) is 24.7 Å². The Morgan fingerprint density at radius 1 is 1.47 bits per heavy atom. The Labute approximate surface area is 99.1 Å². The van der Waals surface area contributed by atoms with Gasteiger partial charge < -0.3 is 19.5 Å². The molecule has 1 N–H and O–H groups in total. The van der Waals surface area contributed by atoms with Crippen LogP contribution in [-0.4, -0.2) is 20.5 Å². The molecule has 2 aromatic rings. The Balaban J connectivity index is 2.33. The number of aryl methyl sites for hydroxylation is 2. The molecule has 0 aromatic carbocycles. The number of carboxylic acids is 1. The number of carbonyl (C=O) groups excluding carboxylic acids is 1. The highest BCUT2D eigenvalue weighted by Crippen LogP contribution is 2.18. The van der Waals surface area contributed by atoms with E-state index in [9.17, 15) is 9.90 Å². The SMILES string of the molecule is Cc1ccc(C)n1[C@H](Cc1cnc[nH]1)C(=O)[O-]. The number of imidazole rings is 1. The number of carboxylic acid groups (broad SMARTS) is 1. The summed E-state index contributed by atoms with van der Waals surface area (Å²) in [6.45, 7) is 3.77. The fraction of sp³-hybridized carbons (Fsp3) is 0.333. The molecule has 1 atom stereocenters. The molecule has 0 radical (unpaired) electrons. The van der Waals surface area contributed by atoms with Gasteiger partial charge >= 0.3 is 0 Å². The second kappa shape index (κ2) is 4.45. The Morgan fingerprint density at radius 2 is 2.12 bits per heavy atom. The van der Waals surface area contributed by atoms with Crippen LogP contribution in [0.1, 0.15) is 23.1 Å². The van der Waals surface area contributed by atoms with Gasteiger partial charge in [0, 0.05) is 29.7 Å². The van der Waals surface area contributed by atoms with Crippen LogP contribution in [0.3, 0.4) is 0 Å². The number of hydrogen-bond donors (Lipinski definition) is 1. The number of nitrogens with zero attached hydrogens (tertiary/aromatic N) is 2. The lowest BCUT2D eigenvalue weighted by Crippen LogP contribution is -2.35. The van der Waals surface area contributed by atoms with Gasteiger partial charge in [0.1, 0.15) is 0 Å². The fourth-order valence-electron chi connectivity index (χ4n) is 2.06. The monoisotopic (exact) mass is 232 g/mol. The number of carbonyl (C=O) groups is 1. The van der Waals surface area contributed by atoms with Gasteiger partial charge in [-0.1, -0.05) is 0 Å². The fourth-order valence-corrected chi connectivity index (χ4v) is 2.06. The van der Waals surface area contributed by atoms with Gasteiger partial charge in [-0.15, -0.1) is 0 Å². The summed E-state index contributed by atoms with van der Waals surface area (Å²) < 4.78 is 1.77. The first-order chi connectivity index (χ1) is 8.09. The van der Waals surface area contributed by atoms with Crippen molar-refractivity contribution in [1.29, 1.82) is 0 Å². The van der Waals surface area contributed by atoms with Crippen molar-refractivity contribution in [2.45, 2.75) is 26.3 Å². The molecule has 0 saturated heterocycles. The van der Waals surface area contributed by atoms with Crippen molar-refractivity contribution in [3.8, 4) is 0 Å². The Hall–Kier alpha value is -2.04. The molecule has 0 amide bonds. The number of aliphatic carboxylic acids is 1. The second-order valence-corrected chi connectivity index (χ2v) is 4.10. The average Bonchev–Trinajstić information content (AvgIpc) is 2.87. The third-order valence-electron chi connectivity index (χ3n) is 2.88. The van der Waals surface area contributed by atoms with Crippen molar-refractivity contribution < 1.29 is 9.90 Å². The van der Waals surface area contributed by atoms with Crippen LogP contribution in [0.2, 0.25) is 0 Å². The molecule has 2 rings (SSSR count). The molecule has 0 aliphatic carbocycles. The maximum absolute atomic E-state index is 11.3. The van der Waals surface area contributed by atoms with Crippen molar-refractivity contribution in [1.82, 2.24) is 14.5 Å². The van der Waals surface area contributed by atoms with Crippen molar-refractivity contribution in [3.63, 3.8) is 0 Å². The largest absolute Gasteiger partial charge is 0.548 e. The normalized spacial score (nSPS) is 12.6. The topological polar surface area (TPSA) is 73.7 Å². The van der Waals surface area contributed by atoms with Gasteiger partial charge in [0.15, 0.2) is 0 Å². The van der Waals surface area contributed by atoms with E-state index in [4.69, 9.17) is 0 Å². The van der Waals surface area contributed by atoms with Crippen LogP contribution in [0.4, 0.5) is 0 Å². The maximum Gasteiger partial charge on any atom is 0.0921 e. The summed E-state index contributed by atoms with van der Waals surface area (Å²) in [6.07, 6.45) is 3.51. The van der Waals surface area contributed by atoms with Crippen LogP contribution in [0, 0.1) is 13.8 Å². The summed E-state index contributed by atoms with van der Waals surface area (Å²) in [5, 5.41) is 11.3. The summed E-state index contributed by atoms with van der Waals surface area (Å²) >= 11 is 0. The minimum Gasteiger partial charge on any atom is -0.548 e. The van der Waals surface area contributed by atoms with E-state index in [2.05, 4.69) is 9.97 Å². The predicted molar refractivity (Wildman–Crippen MR) is 60.2 cm³/mol. The van der Waals surface area contributed by atoms with E-state index in [1.54, 1.807) is 10.8 Å². The molecule has 17 heavy (non-hydrogen) atoms. The molecule has 0 saturated carbocycles. The molecule has 2 aromatic heterocycles. The second-order valence-electron chi connectivity index (χ2n) is 4.10. The van der Waals surface area contributed by atoms with E-state index in [1.165, 1.54) is 6.33 Å². The Bertz CT molecular complexity index is 494. The van der Waals surface area contributed by atoms with Gasteiger partial charge in [0.2, 0.25) is 0 Å². The summed E-state index contributed by atoms with van der Waals surface area (Å²) in [6, 6.07) is 3.10. The van der Waals surface area contributed by atoms with Crippen molar-refractivity contribution >= 4 is 5.97 Å². The highest BCUT2D eigenvalue weighted by atomic mass is 16.4. The zero-order valence-electron chi connectivity index (χ0n) is 9.80. The Kier molecular flexibility index (Phi) is 2.99. The van der Waals surface area contributed by atoms with E-state index in [-0.39, 0.29) is 0 Å². The molecule has 90 valence electrons. The van der Waals surface area contributed by atoms with Crippen molar-refractivity contribution in [2.24, 2.45) is 0 Å². The molecule has 0 fully saturated rings. The maximum atomic E-state index is 11.3. The van der Waals surface area contributed by atoms with Crippen molar-refractivity contribution in [2.75, 3.05) is 0 Å². The van der Waals surface area contributed by atoms with Gasteiger partial charge in [0.05, 0.1) is 18.3 Å². The predicted octanol–water partition coefficient (Wildman–Crippen LogP) is 0.362. The molecule has 0 bridgehead atoms. The highest BCUT2D eigenvalue weighted by Gasteiger charge is 2.17. The standard InChI is InChI=1S/C12H15N3O2/c1-8-3-4-9(2)15(8)11(12(16)17)5-10-6-13-7-14-10/h3-4,6-7,11H,5H2,1-2H3,(H,13,14)(H,16,17)/p-1/t11-/m1/s1. The van der Waals surface area contributed by atoms with Gasteiger partial charge in [-0.25, -0.2) is 4.98 Å². The first-order valence-electron chi connectivity index (χ1n) is 5.42. The number of nitrogens with one attached hydrogen (secondary N) is 1. The summed E-state index contributed by atoms with van der Waals surface area (Å²) in [4.78, 5) is 18.1. The molecule has 5 nitrogen and oxygen atoms in total. The zero-order valence-corrected chi connectivity index (χ0v) is 9.80. The van der Waals surface area contributed by atoms with Gasteiger partial charge in [-0.3, -0.25) is 0 Å². The van der Waals surface area contributed by atoms with E-state index < -0.39 is 12.0 Å². The van der Waals surface area contributed by atoms with E-state index in [0.717, 1.165) is 17.1 Å². The lowest BCUT2D eigenvalue weighted by Gasteiger charge is -2.23. The molecular formula is C12H14N3O2-. The van der Waals surface area contributed by atoms with Gasteiger partial charge in [-0.05, 0) is 26.0 Å². The lowest BCUT2D eigenvalue weighted by molar-refractivity contribution is -0.310. The molecule has 0 aliphatic heterocycles. The summed E-state index contributed by atoms with van der Waals surface area (Å²) in [5.41, 5.74) is 2.61. The lowest BCUT2D eigenvalue weighted by atomic mass is 10.1. The minimum atomic E-state index is -1.08. The third kappa shape index (κ3) is 2.22. The number of rotatable bonds is 4. The van der Waals surface area contributed by atoms with Crippen LogP contribution in [0.5, 0.6) is 0 Å². The molecule has 0 unspecified atom stereocenters. The van der Waals surface area contributed by atoms with Gasteiger partial charge in [0.25, 0.3) is 0 Å². The van der Waals surface area contributed by atoms with Crippen molar-refractivity contribution in [3.05, 3.63) is 41.7 Å². The summed E-state index contributed by atoms with van der Waals surface area (Å²) in [5.74, 6) is -1.08. The van der Waals surface area contributed by atoms with Crippen LogP contribution in [0.25, 0.3) is 0 Å². The highest BCUT2D eigenvalue weighted by molar-refractivity contribution is 5.70. The smallest absolute Gasteiger partial charge is 0.0921 e. The molecule has 0 aliphatic rings. The minimum absolute atomic E-state index is 0.346. The average molecular weight is 232 g/mol. The van der Waals surface area contributed by atoms with E-state index >= 15 is 0 Å². The zero-order chi connectivity index (χ0) is 12.4. The summed E-state index contributed by atoms with van der Waals surface area (Å²) in [7, 11) is 0. The first-order valence-corrected chi connectivity index (χ1v) is 5.42. The van der Waals surface area contributed by atoms with Crippen LogP contribution in [-0.2, 0) is 11.2 Å². The number of aromatic amines is 1. The van der Waals surface area contributed by atoms with E-state index in [1.807, 2.05) is 26.0 Å². The molecular weight excluding hydrogens is 218 g/mol. The molecule has 2 heterocycles.